The van der Waals surface area contributed by atoms with Crippen LogP contribution in [0.5, 0.6) is 0 Å². The molecule has 2 aliphatic heterocycles. The maximum atomic E-state index is 12.4. The van der Waals surface area contributed by atoms with Crippen LogP contribution in [0.2, 0.25) is 5.02 Å². The minimum absolute atomic E-state index is 0.0101. The first-order valence-electron chi connectivity index (χ1n) is 7.04. The van der Waals surface area contributed by atoms with Crippen LogP contribution in [0.4, 0.5) is 0 Å². The zero-order valence-electron chi connectivity index (χ0n) is 11.0. The summed E-state index contributed by atoms with van der Waals surface area (Å²) in [6, 6.07) is 6.81. The number of fused-ring (bicyclic) bond motifs is 3. The van der Waals surface area contributed by atoms with Crippen LogP contribution in [-0.2, 0) is 0 Å². The maximum Gasteiger partial charge on any atom is 0.251 e. The van der Waals surface area contributed by atoms with Gasteiger partial charge in [-0.2, -0.15) is 0 Å². The number of halogens is 1. The van der Waals surface area contributed by atoms with Crippen molar-refractivity contribution in [3.8, 4) is 0 Å². The summed E-state index contributed by atoms with van der Waals surface area (Å²) in [7, 11) is 0. The Hall–Kier alpha value is -1.52. The molecule has 0 aromatic carbocycles. The van der Waals surface area contributed by atoms with E-state index in [1.165, 1.54) is 12.8 Å². The maximum absolute atomic E-state index is 12.4. The van der Waals surface area contributed by atoms with Crippen LogP contribution in [0.15, 0.2) is 30.6 Å². The second kappa shape index (κ2) is 4.50. The predicted molar refractivity (Wildman–Crippen MR) is 78.2 cm³/mol. The largest absolute Gasteiger partial charge is 0.348 e. The monoisotopic (exact) mass is 289 g/mol. The Morgan fingerprint density at radius 2 is 2.20 bits per heavy atom. The first kappa shape index (κ1) is 12.2. The van der Waals surface area contributed by atoms with Gasteiger partial charge in [-0.15, -0.1) is 0 Å². The van der Waals surface area contributed by atoms with Crippen LogP contribution < -0.4 is 10.6 Å². The van der Waals surface area contributed by atoms with Gasteiger partial charge in [0.15, 0.2) is 0 Å². The molecule has 0 radical (unpaired) electrons. The number of carbonyl (C=O) groups is 1. The molecule has 2 fully saturated rings. The summed E-state index contributed by atoms with van der Waals surface area (Å²) in [6.45, 7) is 0. The lowest BCUT2D eigenvalue weighted by molar-refractivity contribution is 0.0931. The van der Waals surface area contributed by atoms with Gasteiger partial charge >= 0.3 is 0 Å². The summed E-state index contributed by atoms with van der Waals surface area (Å²) in [6.07, 6.45) is 7.21. The van der Waals surface area contributed by atoms with Gasteiger partial charge in [0.05, 0.1) is 10.5 Å². The van der Waals surface area contributed by atoms with E-state index in [9.17, 15) is 4.79 Å². The first-order valence-corrected chi connectivity index (χ1v) is 7.41. The quantitative estimate of drug-likeness (QED) is 0.890. The lowest BCUT2D eigenvalue weighted by Gasteiger charge is -2.21. The van der Waals surface area contributed by atoms with E-state index < -0.39 is 0 Å². The molecule has 0 aliphatic carbocycles. The molecule has 2 bridgehead atoms. The van der Waals surface area contributed by atoms with E-state index in [1.807, 2.05) is 35.0 Å². The molecule has 2 N–H and O–H groups in total. The normalized spacial score (nSPS) is 28.1. The Labute approximate surface area is 122 Å². The van der Waals surface area contributed by atoms with E-state index in [1.54, 1.807) is 0 Å². The lowest BCUT2D eigenvalue weighted by atomic mass is 9.95. The number of hydrogen-bond acceptors (Lipinski definition) is 2. The molecular formula is C15H16ClN3O. The molecular weight excluding hydrogens is 274 g/mol. The van der Waals surface area contributed by atoms with Crippen molar-refractivity contribution in [1.29, 1.82) is 0 Å². The smallest absolute Gasteiger partial charge is 0.251 e. The average Bonchev–Trinajstić information content (AvgIpc) is 3.15. The highest BCUT2D eigenvalue weighted by Crippen LogP contribution is 2.28. The molecule has 0 unspecified atom stereocenters. The van der Waals surface area contributed by atoms with E-state index >= 15 is 0 Å². The second-order valence-corrected chi connectivity index (χ2v) is 6.14. The third-order valence-electron chi connectivity index (χ3n) is 4.49. The zero-order chi connectivity index (χ0) is 13.7. The van der Waals surface area contributed by atoms with Crippen molar-refractivity contribution in [2.24, 2.45) is 0 Å². The number of pyridine rings is 1. The Morgan fingerprint density at radius 3 is 2.95 bits per heavy atom. The number of nitrogens with zero attached hydrogens (tertiary/aromatic N) is 1. The molecule has 3 atom stereocenters. The summed E-state index contributed by atoms with van der Waals surface area (Å²) < 4.78 is 1.91. The van der Waals surface area contributed by atoms with Crippen LogP contribution in [0.25, 0.3) is 5.52 Å². The number of rotatable bonds is 2. The van der Waals surface area contributed by atoms with E-state index in [0.717, 1.165) is 11.9 Å². The number of amides is 1. The van der Waals surface area contributed by atoms with Crippen LogP contribution in [0.3, 0.4) is 0 Å². The van der Waals surface area contributed by atoms with Crippen LogP contribution in [0, 0.1) is 0 Å². The Balaban J connectivity index is 1.56. The fourth-order valence-electron chi connectivity index (χ4n) is 3.44. The van der Waals surface area contributed by atoms with Crippen molar-refractivity contribution in [3.63, 3.8) is 0 Å². The fraction of sp³-hybridized carbons (Fsp3) is 0.400. The molecule has 104 valence electrons. The highest BCUT2D eigenvalue weighted by Gasteiger charge is 2.39. The van der Waals surface area contributed by atoms with Gasteiger partial charge in [-0.05, 0) is 37.5 Å². The molecule has 4 nitrogen and oxygen atoms in total. The summed E-state index contributed by atoms with van der Waals surface area (Å²) in [5, 5.41) is 7.35. The van der Waals surface area contributed by atoms with Gasteiger partial charge in [-0.25, -0.2) is 0 Å². The van der Waals surface area contributed by atoms with Crippen molar-refractivity contribution < 1.29 is 4.79 Å². The summed E-state index contributed by atoms with van der Waals surface area (Å²) in [5.74, 6) is -0.0101. The molecule has 2 aromatic heterocycles. The molecule has 20 heavy (non-hydrogen) atoms. The molecule has 4 heterocycles. The van der Waals surface area contributed by atoms with E-state index in [2.05, 4.69) is 10.6 Å². The third kappa shape index (κ3) is 1.91. The predicted octanol–water partition coefficient (Wildman–Crippen LogP) is 2.22. The molecule has 2 aromatic rings. The van der Waals surface area contributed by atoms with Crippen molar-refractivity contribution in [2.45, 2.75) is 37.4 Å². The summed E-state index contributed by atoms with van der Waals surface area (Å²) in [4.78, 5) is 12.4. The third-order valence-corrected chi connectivity index (χ3v) is 4.81. The van der Waals surface area contributed by atoms with Gasteiger partial charge in [0.25, 0.3) is 5.91 Å². The van der Waals surface area contributed by atoms with Crippen LogP contribution in [0.1, 0.15) is 29.6 Å². The Bertz CT molecular complexity index is 681. The van der Waals surface area contributed by atoms with Gasteiger partial charge in [0, 0.05) is 36.1 Å². The van der Waals surface area contributed by atoms with Crippen molar-refractivity contribution in [1.82, 2.24) is 15.0 Å². The van der Waals surface area contributed by atoms with Gasteiger partial charge in [0.1, 0.15) is 0 Å². The number of hydrogen-bond donors (Lipinski definition) is 2. The molecule has 1 amide bonds. The van der Waals surface area contributed by atoms with E-state index in [4.69, 9.17) is 11.6 Å². The highest BCUT2D eigenvalue weighted by molar-refractivity contribution is 6.34. The zero-order valence-corrected chi connectivity index (χ0v) is 11.7. The topological polar surface area (TPSA) is 45.5 Å². The van der Waals surface area contributed by atoms with Crippen LogP contribution in [-0.4, -0.2) is 28.4 Å². The van der Waals surface area contributed by atoms with Crippen molar-refractivity contribution in [3.05, 3.63) is 41.2 Å². The minimum atomic E-state index is -0.0101. The number of aromatic nitrogens is 1. The van der Waals surface area contributed by atoms with Gasteiger partial charge < -0.3 is 15.0 Å². The standard InChI is InChI=1S/C15H16ClN3O/c16-11-4-6-19-5-3-9(7-14(11)19)15(20)18-13-8-10-1-2-12(13)17-10/h3-7,10,12-13,17H,1-2,8H2,(H,18,20)/t10-,12+,13-/m1/s1. The van der Waals surface area contributed by atoms with Gasteiger partial charge in [-0.3, -0.25) is 4.79 Å². The van der Waals surface area contributed by atoms with E-state index in [-0.39, 0.29) is 11.9 Å². The highest BCUT2D eigenvalue weighted by atomic mass is 35.5. The average molecular weight is 290 g/mol. The lowest BCUT2D eigenvalue weighted by Crippen LogP contribution is -2.42. The van der Waals surface area contributed by atoms with Gasteiger partial charge in [0.2, 0.25) is 0 Å². The Kier molecular flexibility index (Phi) is 2.75. The van der Waals surface area contributed by atoms with Crippen molar-refractivity contribution >= 4 is 23.0 Å². The minimum Gasteiger partial charge on any atom is -0.348 e. The van der Waals surface area contributed by atoms with Crippen molar-refractivity contribution in [2.75, 3.05) is 0 Å². The fourth-order valence-corrected chi connectivity index (χ4v) is 3.65. The van der Waals surface area contributed by atoms with E-state index in [0.29, 0.717) is 22.7 Å². The molecule has 4 rings (SSSR count). The molecule has 0 saturated carbocycles. The summed E-state index contributed by atoms with van der Waals surface area (Å²) >= 11 is 6.11. The SMILES string of the molecule is O=C(N[C@@H]1C[C@H]2CC[C@@H]1N2)c1ccn2ccc(Cl)c2c1. The molecule has 0 spiro atoms. The summed E-state index contributed by atoms with van der Waals surface area (Å²) in [5.41, 5.74) is 1.53. The first-order chi connectivity index (χ1) is 9.70. The molecule has 2 aliphatic rings. The van der Waals surface area contributed by atoms with Crippen LogP contribution >= 0.6 is 11.6 Å². The van der Waals surface area contributed by atoms with Gasteiger partial charge in [-0.1, -0.05) is 11.6 Å². The number of carbonyl (C=O) groups excluding carboxylic acids is 1. The molecule has 2 saturated heterocycles. The number of nitrogens with one attached hydrogen (secondary N) is 2. The second-order valence-electron chi connectivity index (χ2n) is 5.73. The Morgan fingerprint density at radius 1 is 1.35 bits per heavy atom. The molecule has 5 heteroatoms.